The lowest BCUT2D eigenvalue weighted by Crippen LogP contribution is -2.34. The fraction of sp³-hybridized carbons (Fsp3) is 0.526. The van der Waals surface area contributed by atoms with Crippen LogP contribution in [-0.2, 0) is 19.6 Å². The van der Waals surface area contributed by atoms with Gasteiger partial charge in [0.05, 0.1) is 12.7 Å². The van der Waals surface area contributed by atoms with Gasteiger partial charge < -0.3 is 14.3 Å². The zero-order chi connectivity index (χ0) is 18.2. The molecule has 8 heteroatoms. The number of likely N-dealkylation sites (tertiary alicyclic amines) is 1. The van der Waals surface area contributed by atoms with Gasteiger partial charge in [-0.3, -0.25) is 10.00 Å². The molecule has 1 fully saturated rings. The van der Waals surface area contributed by atoms with Gasteiger partial charge in [0, 0.05) is 31.1 Å². The molecule has 3 aromatic heterocycles. The first-order valence-electron chi connectivity index (χ1n) is 9.72. The van der Waals surface area contributed by atoms with Crippen LogP contribution in [0.1, 0.15) is 41.7 Å². The number of hydrogen-bond acceptors (Lipinski definition) is 6. The Morgan fingerprint density at radius 1 is 1.19 bits per heavy atom. The van der Waals surface area contributed by atoms with Crippen LogP contribution in [0, 0.1) is 6.92 Å². The van der Waals surface area contributed by atoms with Crippen LogP contribution in [0.3, 0.4) is 0 Å². The maximum Gasteiger partial charge on any atom is 0.152 e. The number of hydrogen-bond donors (Lipinski definition) is 2. The molecule has 1 saturated heterocycles. The maximum absolute atomic E-state index is 5.76. The van der Waals surface area contributed by atoms with Crippen molar-refractivity contribution in [1.29, 1.82) is 0 Å². The van der Waals surface area contributed by atoms with Crippen LogP contribution in [0.5, 0.6) is 0 Å². The third-order valence-corrected chi connectivity index (χ3v) is 5.70. The summed E-state index contributed by atoms with van der Waals surface area (Å²) < 4.78 is 8.09. The van der Waals surface area contributed by atoms with E-state index in [4.69, 9.17) is 4.42 Å². The van der Waals surface area contributed by atoms with E-state index in [2.05, 4.69) is 35.2 Å². The second-order valence-corrected chi connectivity index (χ2v) is 7.53. The Kier molecular flexibility index (Phi) is 4.29. The summed E-state index contributed by atoms with van der Waals surface area (Å²) in [6.07, 6.45) is 4.17. The van der Waals surface area contributed by atoms with Gasteiger partial charge in [0.1, 0.15) is 23.1 Å². The third kappa shape index (κ3) is 3.19. The number of fused-ring (bicyclic) bond motifs is 1. The second kappa shape index (κ2) is 6.94. The molecule has 2 aliphatic rings. The first-order chi connectivity index (χ1) is 13.3. The van der Waals surface area contributed by atoms with E-state index in [1.807, 2.05) is 25.3 Å². The highest BCUT2D eigenvalue weighted by atomic mass is 16.3. The summed E-state index contributed by atoms with van der Waals surface area (Å²) in [6, 6.07) is 3.99. The van der Waals surface area contributed by atoms with Gasteiger partial charge in [0.15, 0.2) is 5.76 Å². The molecule has 5 rings (SSSR count). The molecule has 5 heterocycles. The van der Waals surface area contributed by atoms with Crippen LogP contribution >= 0.6 is 0 Å². The molecule has 0 radical (unpaired) electrons. The lowest BCUT2D eigenvalue weighted by atomic mass is 9.95. The Bertz CT molecular complexity index is 916. The molecule has 0 amide bonds. The number of aromatic amines is 1. The molecule has 2 aliphatic heterocycles. The standard InChI is InChI=1S/C19H25N7O/c1-13-2-3-16(27-13)18-15(10-21-23-18)12-25-7-4-14(5-8-25)19-24-22-17-11-20-6-9-26(17)19/h2-3,10,14,20H,4-9,11-12H2,1H3,(H,21,23). The minimum absolute atomic E-state index is 0.511. The molecule has 142 valence electrons. The molecular weight excluding hydrogens is 342 g/mol. The Balaban J connectivity index is 1.24. The molecule has 0 unspecified atom stereocenters. The summed E-state index contributed by atoms with van der Waals surface area (Å²) in [5.41, 5.74) is 2.18. The lowest BCUT2D eigenvalue weighted by molar-refractivity contribution is 0.199. The first-order valence-corrected chi connectivity index (χ1v) is 9.72. The number of aromatic nitrogens is 5. The largest absolute Gasteiger partial charge is 0.460 e. The minimum Gasteiger partial charge on any atom is -0.460 e. The van der Waals surface area contributed by atoms with Crippen molar-refractivity contribution in [2.45, 2.75) is 45.3 Å². The predicted octanol–water partition coefficient (Wildman–Crippen LogP) is 2.05. The van der Waals surface area contributed by atoms with Gasteiger partial charge >= 0.3 is 0 Å². The third-order valence-electron chi connectivity index (χ3n) is 5.70. The van der Waals surface area contributed by atoms with Crippen molar-refractivity contribution in [2.24, 2.45) is 0 Å². The van der Waals surface area contributed by atoms with Crippen LogP contribution in [0.25, 0.3) is 11.5 Å². The monoisotopic (exact) mass is 367 g/mol. The molecule has 0 aromatic carbocycles. The van der Waals surface area contributed by atoms with Crippen molar-refractivity contribution in [2.75, 3.05) is 19.6 Å². The number of rotatable bonds is 4. The smallest absolute Gasteiger partial charge is 0.152 e. The number of aryl methyl sites for hydroxylation is 1. The summed E-state index contributed by atoms with van der Waals surface area (Å²) >= 11 is 0. The molecule has 0 saturated carbocycles. The summed E-state index contributed by atoms with van der Waals surface area (Å²) in [7, 11) is 0. The zero-order valence-corrected chi connectivity index (χ0v) is 15.6. The van der Waals surface area contributed by atoms with E-state index in [1.54, 1.807) is 0 Å². The van der Waals surface area contributed by atoms with Gasteiger partial charge in [-0.25, -0.2) is 0 Å². The first kappa shape index (κ1) is 16.7. The van der Waals surface area contributed by atoms with E-state index in [9.17, 15) is 0 Å². The molecule has 0 bridgehead atoms. The van der Waals surface area contributed by atoms with Gasteiger partial charge in [-0.15, -0.1) is 10.2 Å². The van der Waals surface area contributed by atoms with E-state index < -0.39 is 0 Å². The van der Waals surface area contributed by atoms with Crippen molar-refractivity contribution in [1.82, 2.24) is 35.2 Å². The summed E-state index contributed by atoms with van der Waals surface area (Å²) in [4.78, 5) is 2.50. The predicted molar refractivity (Wildman–Crippen MR) is 100 cm³/mol. The normalized spacial score (nSPS) is 18.7. The summed E-state index contributed by atoms with van der Waals surface area (Å²) in [6.45, 7) is 7.80. The van der Waals surface area contributed by atoms with Gasteiger partial charge in [-0.05, 0) is 45.0 Å². The van der Waals surface area contributed by atoms with Crippen LogP contribution in [0.4, 0.5) is 0 Å². The van der Waals surface area contributed by atoms with Crippen molar-refractivity contribution >= 4 is 0 Å². The molecule has 27 heavy (non-hydrogen) atoms. The van der Waals surface area contributed by atoms with Crippen molar-refractivity contribution in [3.8, 4) is 11.5 Å². The van der Waals surface area contributed by atoms with Crippen LogP contribution in [0.15, 0.2) is 22.7 Å². The quantitative estimate of drug-likeness (QED) is 0.734. The van der Waals surface area contributed by atoms with E-state index in [0.29, 0.717) is 5.92 Å². The van der Waals surface area contributed by atoms with Crippen LogP contribution in [0.2, 0.25) is 0 Å². The Hall–Kier alpha value is -2.45. The van der Waals surface area contributed by atoms with E-state index >= 15 is 0 Å². The fourth-order valence-corrected chi connectivity index (χ4v) is 4.22. The van der Waals surface area contributed by atoms with E-state index in [1.165, 1.54) is 11.4 Å². The number of nitrogens with zero attached hydrogens (tertiary/aromatic N) is 5. The number of piperidine rings is 1. The zero-order valence-electron chi connectivity index (χ0n) is 15.6. The number of H-pyrrole nitrogens is 1. The average Bonchev–Trinajstić information content (AvgIpc) is 3.42. The fourth-order valence-electron chi connectivity index (χ4n) is 4.22. The number of nitrogens with one attached hydrogen (secondary N) is 2. The summed E-state index contributed by atoms with van der Waals surface area (Å²) in [5.74, 6) is 4.55. The molecule has 0 aliphatic carbocycles. The SMILES string of the molecule is Cc1ccc(-c2[nH]ncc2CN2CCC(c3nnc4n3CCNC4)CC2)o1. The van der Waals surface area contributed by atoms with Gasteiger partial charge in [0.2, 0.25) is 0 Å². The topological polar surface area (TPSA) is 87.8 Å². The summed E-state index contributed by atoms with van der Waals surface area (Å²) in [5, 5.41) is 19.6. The van der Waals surface area contributed by atoms with E-state index in [0.717, 1.165) is 75.1 Å². The molecule has 8 nitrogen and oxygen atoms in total. The van der Waals surface area contributed by atoms with Gasteiger partial charge in [-0.2, -0.15) is 5.10 Å². The van der Waals surface area contributed by atoms with Crippen molar-refractivity contribution in [3.05, 3.63) is 41.3 Å². The Labute approximate surface area is 158 Å². The lowest BCUT2D eigenvalue weighted by Gasteiger charge is -2.32. The Morgan fingerprint density at radius 2 is 2.07 bits per heavy atom. The molecular formula is C19H25N7O. The highest BCUT2D eigenvalue weighted by Gasteiger charge is 2.27. The molecule has 2 N–H and O–H groups in total. The minimum atomic E-state index is 0.511. The average molecular weight is 367 g/mol. The van der Waals surface area contributed by atoms with Crippen molar-refractivity contribution in [3.63, 3.8) is 0 Å². The molecule has 0 atom stereocenters. The highest BCUT2D eigenvalue weighted by Crippen LogP contribution is 2.30. The van der Waals surface area contributed by atoms with Crippen LogP contribution < -0.4 is 5.32 Å². The van der Waals surface area contributed by atoms with Gasteiger partial charge in [0.25, 0.3) is 0 Å². The van der Waals surface area contributed by atoms with Gasteiger partial charge in [-0.1, -0.05) is 0 Å². The van der Waals surface area contributed by atoms with E-state index in [-0.39, 0.29) is 0 Å². The molecule has 3 aromatic rings. The van der Waals surface area contributed by atoms with Crippen molar-refractivity contribution < 1.29 is 4.42 Å². The Morgan fingerprint density at radius 3 is 2.89 bits per heavy atom. The second-order valence-electron chi connectivity index (χ2n) is 7.53. The number of furan rings is 1. The van der Waals surface area contributed by atoms with Crippen LogP contribution in [-0.4, -0.2) is 49.5 Å². The highest BCUT2D eigenvalue weighted by molar-refractivity contribution is 5.56. The molecule has 0 spiro atoms. The maximum atomic E-state index is 5.76.